The van der Waals surface area contributed by atoms with Crippen LogP contribution in [0.2, 0.25) is 5.02 Å². The van der Waals surface area contributed by atoms with Gasteiger partial charge in [-0.2, -0.15) is 0 Å². The predicted octanol–water partition coefficient (Wildman–Crippen LogP) is 3.03. The maximum Gasteiger partial charge on any atom is 0.232 e. The van der Waals surface area contributed by atoms with Gasteiger partial charge in [-0.05, 0) is 30.7 Å². The van der Waals surface area contributed by atoms with E-state index in [9.17, 15) is 0 Å². The molecule has 110 valence electrons. The number of nitrogens with zero attached hydrogens (tertiary/aromatic N) is 3. The van der Waals surface area contributed by atoms with Crippen LogP contribution in [0.25, 0.3) is 0 Å². The molecule has 1 saturated heterocycles. The Kier molecular flexibility index (Phi) is 4.68. The summed E-state index contributed by atoms with van der Waals surface area (Å²) < 4.78 is 5.69. The van der Waals surface area contributed by atoms with Gasteiger partial charge in [0.05, 0.1) is 12.8 Å². The standard InChI is InChI=1S/C16H18ClN3O/c17-15-3-1-13(2-4-15)10-20-8-5-14(11-20)12-21-16-9-18-6-7-19-16/h1-4,6-7,9,14H,5,8,10-12H2. The predicted molar refractivity (Wildman–Crippen MR) is 82.4 cm³/mol. The monoisotopic (exact) mass is 303 g/mol. The van der Waals surface area contributed by atoms with Gasteiger partial charge in [0.1, 0.15) is 0 Å². The van der Waals surface area contributed by atoms with Gasteiger partial charge in [0.15, 0.2) is 0 Å². The first-order valence-electron chi connectivity index (χ1n) is 7.15. The van der Waals surface area contributed by atoms with E-state index < -0.39 is 0 Å². The first-order valence-corrected chi connectivity index (χ1v) is 7.53. The van der Waals surface area contributed by atoms with Crippen LogP contribution in [0.5, 0.6) is 5.88 Å². The van der Waals surface area contributed by atoms with Crippen LogP contribution < -0.4 is 4.74 Å². The Balaban J connectivity index is 1.46. The van der Waals surface area contributed by atoms with Crippen molar-refractivity contribution in [2.75, 3.05) is 19.7 Å². The molecule has 1 fully saturated rings. The second kappa shape index (κ2) is 6.87. The Morgan fingerprint density at radius 3 is 2.86 bits per heavy atom. The smallest absolute Gasteiger partial charge is 0.232 e. The maximum absolute atomic E-state index is 5.91. The number of hydrogen-bond donors (Lipinski definition) is 0. The summed E-state index contributed by atoms with van der Waals surface area (Å²) in [5.41, 5.74) is 1.30. The molecule has 1 aromatic carbocycles. The molecule has 0 aliphatic carbocycles. The Morgan fingerprint density at radius 2 is 2.10 bits per heavy atom. The molecule has 1 aliphatic heterocycles. The van der Waals surface area contributed by atoms with Crippen LogP contribution in [0.4, 0.5) is 0 Å². The van der Waals surface area contributed by atoms with Crippen molar-refractivity contribution in [1.82, 2.24) is 14.9 Å². The van der Waals surface area contributed by atoms with Crippen molar-refractivity contribution in [3.05, 3.63) is 53.4 Å². The Morgan fingerprint density at radius 1 is 1.24 bits per heavy atom. The van der Waals surface area contributed by atoms with Gasteiger partial charge in [-0.3, -0.25) is 9.88 Å². The molecule has 0 bridgehead atoms. The molecule has 3 rings (SSSR count). The van der Waals surface area contributed by atoms with Crippen LogP contribution in [0.15, 0.2) is 42.9 Å². The summed E-state index contributed by atoms with van der Waals surface area (Å²) in [6.45, 7) is 3.84. The Hall–Kier alpha value is -1.65. The van der Waals surface area contributed by atoms with E-state index in [0.717, 1.165) is 31.1 Å². The molecule has 0 saturated carbocycles. The summed E-state index contributed by atoms with van der Waals surface area (Å²) in [7, 11) is 0. The summed E-state index contributed by atoms with van der Waals surface area (Å²) >= 11 is 5.91. The zero-order valence-corrected chi connectivity index (χ0v) is 12.5. The van der Waals surface area contributed by atoms with Crippen molar-refractivity contribution < 1.29 is 4.74 Å². The van der Waals surface area contributed by atoms with Gasteiger partial charge in [-0.25, -0.2) is 4.98 Å². The molecule has 21 heavy (non-hydrogen) atoms. The topological polar surface area (TPSA) is 38.2 Å². The van der Waals surface area contributed by atoms with Gasteiger partial charge in [0.25, 0.3) is 0 Å². The minimum absolute atomic E-state index is 0.555. The first-order chi connectivity index (χ1) is 10.3. The highest BCUT2D eigenvalue weighted by molar-refractivity contribution is 6.30. The number of benzene rings is 1. The highest BCUT2D eigenvalue weighted by Crippen LogP contribution is 2.20. The molecule has 1 aliphatic rings. The van der Waals surface area contributed by atoms with Gasteiger partial charge in [0.2, 0.25) is 5.88 Å². The van der Waals surface area contributed by atoms with Gasteiger partial charge in [-0.15, -0.1) is 0 Å². The molecule has 0 N–H and O–H groups in total. The Labute approximate surface area is 129 Å². The minimum atomic E-state index is 0.555. The summed E-state index contributed by atoms with van der Waals surface area (Å²) in [6.07, 6.45) is 6.11. The number of likely N-dealkylation sites (tertiary alicyclic amines) is 1. The largest absolute Gasteiger partial charge is 0.476 e. The lowest BCUT2D eigenvalue weighted by Crippen LogP contribution is -2.22. The van der Waals surface area contributed by atoms with Crippen LogP contribution in [-0.4, -0.2) is 34.6 Å². The fraction of sp³-hybridized carbons (Fsp3) is 0.375. The third-order valence-electron chi connectivity index (χ3n) is 3.70. The normalized spacial score (nSPS) is 18.8. The second-order valence-corrected chi connectivity index (χ2v) is 5.81. The lowest BCUT2D eigenvalue weighted by atomic mass is 10.1. The van der Waals surface area contributed by atoms with E-state index in [1.54, 1.807) is 18.6 Å². The Bertz CT molecular complexity index is 561. The van der Waals surface area contributed by atoms with Crippen molar-refractivity contribution in [3.63, 3.8) is 0 Å². The molecule has 0 spiro atoms. The summed E-state index contributed by atoms with van der Waals surface area (Å²) in [4.78, 5) is 10.6. The summed E-state index contributed by atoms with van der Waals surface area (Å²) in [5.74, 6) is 1.16. The summed E-state index contributed by atoms with van der Waals surface area (Å²) in [6, 6.07) is 8.07. The SMILES string of the molecule is Clc1ccc(CN2CCC(COc3cnccn3)C2)cc1. The first kappa shape index (κ1) is 14.3. The van der Waals surface area contributed by atoms with E-state index in [0.29, 0.717) is 18.4 Å². The average molecular weight is 304 g/mol. The molecular formula is C16H18ClN3O. The van der Waals surface area contributed by atoms with Crippen LogP contribution in [0, 0.1) is 5.92 Å². The van der Waals surface area contributed by atoms with E-state index in [-0.39, 0.29) is 0 Å². The molecule has 2 aromatic rings. The summed E-state index contributed by atoms with van der Waals surface area (Å²) in [5, 5.41) is 0.787. The minimum Gasteiger partial charge on any atom is -0.476 e. The molecule has 1 atom stereocenters. The molecule has 4 nitrogen and oxygen atoms in total. The number of ether oxygens (including phenoxy) is 1. The van der Waals surface area contributed by atoms with Crippen LogP contribution in [-0.2, 0) is 6.54 Å². The molecule has 5 heteroatoms. The van der Waals surface area contributed by atoms with E-state index in [1.807, 2.05) is 12.1 Å². The molecular weight excluding hydrogens is 286 g/mol. The zero-order valence-electron chi connectivity index (χ0n) is 11.8. The lowest BCUT2D eigenvalue weighted by molar-refractivity contribution is 0.231. The van der Waals surface area contributed by atoms with Crippen LogP contribution >= 0.6 is 11.6 Å². The number of halogens is 1. The van der Waals surface area contributed by atoms with E-state index >= 15 is 0 Å². The van der Waals surface area contributed by atoms with Crippen molar-refractivity contribution in [3.8, 4) is 5.88 Å². The number of hydrogen-bond acceptors (Lipinski definition) is 4. The maximum atomic E-state index is 5.91. The zero-order chi connectivity index (χ0) is 14.5. The van der Waals surface area contributed by atoms with Crippen molar-refractivity contribution in [2.45, 2.75) is 13.0 Å². The van der Waals surface area contributed by atoms with Gasteiger partial charge in [0, 0.05) is 36.4 Å². The van der Waals surface area contributed by atoms with Gasteiger partial charge < -0.3 is 4.74 Å². The van der Waals surface area contributed by atoms with Crippen molar-refractivity contribution in [1.29, 1.82) is 0 Å². The third kappa shape index (κ3) is 4.16. The van der Waals surface area contributed by atoms with Crippen molar-refractivity contribution >= 4 is 11.6 Å². The molecule has 0 amide bonds. The van der Waals surface area contributed by atoms with Crippen LogP contribution in [0.1, 0.15) is 12.0 Å². The second-order valence-electron chi connectivity index (χ2n) is 5.37. The highest BCUT2D eigenvalue weighted by atomic mass is 35.5. The van der Waals surface area contributed by atoms with Crippen LogP contribution in [0.3, 0.4) is 0 Å². The van der Waals surface area contributed by atoms with Gasteiger partial charge in [-0.1, -0.05) is 23.7 Å². The fourth-order valence-corrected chi connectivity index (χ4v) is 2.73. The average Bonchev–Trinajstić information content (AvgIpc) is 2.96. The van der Waals surface area contributed by atoms with E-state index in [2.05, 4.69) is 27.0 Å². The van der Waals surface area contributed by atoms with E-state index in [4.69, 9.17) is 16.3 Å². The fourth-order valence-electron chi connectivity index (χ4n) is 2.60. The number of aromatic nitrogens is 2. The molecule has 2 heterocycles. The molecule has 0 radical (unpaired) electrons. The highest BCUT2D eigenvalue weighted by Gasteiger charge is 2.23. The quantitative estimate of drug-likeness (QED) is 0.851. The van der Waals surface area contributed by atoms with Crippen molar-refractivity contribution in [2.24, 2.45) is 5.92 Å². The van der Waals surface area contributed by atoms with E-state index in [1.165, 1.54) is 5.56 Å². The molecule has 1 aromatic heterocycles. The lowest BCUT2D eigenvalue weighted by Gasteiger charge is -2.16. The van der Waals surface area contributed by atoms with Gasteiger partial charge >= 0.3 is 0 Å². The molecule has 1 unspecified atom stereocenters. The number of rotatable bonds is 5. The third-order valence-corrected chi connectivity index (χ3v) is 3.95.